The van der Waals surface area contributed by atoms with Crippen LogP contribution in [-0.4, -0.2) is 19.0 Å². The predicted molar refractivity (Wildman–Crippen MR) is 71.2 cm³/mol. The van der Waals surface area contributed by atoms with E-state index in [0.717, 1.165) is 23.6 Å². The summed E-state index contributed by atoms with van der Waals surface area (Å²) in [5, 5.41) is 6.69. The molecule has 0 heterocycles. The van der Waals surface area contributed by atoms with Gasteiger partial charge in [-0.25, -0.2) is 0 Å². The molecule has 2 N–H and O–H groups in total. The third kappa shape index (κ3) is 4.75. The molecular formula is C13H19ClN2O. The van der Waals surface area contributed by atoms with E-state index in [9.17, 15) is 4.79 Å². The lowest BCUT2D eigenvalue weighted by Gasteiger charge is -2.15. The van der Waals surface area contributed by atoms with Crippen molar-refractivity contribution in [3.63, 3.8) is 0 Å². The largest absolute Gasteiger partial charge is 0.355 e. The van der Waals surface area contributed by atoms with Crippen LogP contribution in [0.1, 0.15) is 31.9 Å². The van der Waals surface area contributed by atoms with Crippen LogP contribution in [0, 0.1) is 0 Å². The van der Waals surface area contributed by atoms with Gasteiger partial charge in [0.25, 0.3) is 0 Å². The lowest BCUT2D eigenvalue weighted by molar-refractivity contribution is -0.120. The SMILES string of the molecule is CCCNC(=O)CN[C@@H](C)c1ccccc1Cl. The molecule has 1 aromatic rings. The highest BCUT2D eigenvalue weighted by Gasteiger charge is 2.09. The monoisotopic (exact) mass is 254 g/mol. The molecule has 94 valence electrons. The van der Waals surface area contributed by atoms with E-state index in [4.69, 9.17) is 11.6 Å². The molecule has 1 rings (SSSR count). The van der Waals surface area contributed by atoms with Gasteiger partial charge in [0, 0.05) is 17.6 Å². The van der Waals surface area contributed by atoms with Crippen LogP contribution in [0.25, 0.3) is 0 Å². The molecule has 0 aliphatic rings. The Hall–Kier alpha value is -1.06. The van der Waals surface area contributed by atoms with Gasteiger partial charge in [0.05, 0.1) is 6.54 Å². The van der Waals surface area contributed by atoms with Crippen molar-refractivity contribution in [1.29, 1.82) is 0 Å². The summed E-state index contributed by atoms with van der Waals surface area (Å²) >= 11 is 6.08. The summed E-state index contributed by atoms with van der Waals surface area (Å²) in [5.74, 6) is 0.0192. The molecule has 0 saturated carbocycles. The predicted octanol–water partition coefficient (Wildman–Crippen LogP) is 2.52. The van der Waals surface area contributed by atoms with Crippen molar-refractivity contribution >= 4 is 17.5 Å². The van der Waals surface area contributed by atoms with Crippen LogP contribution < -0.4 is 10.6 Å². The van der Waals surface area contributed by atoms with Crippen molar-refractivity contribution in [1.82, 2.24) is 10.6 Å². The lowest BCUT2D eigenvalue weighted by atomic mass is 10.1. The van der Waals surface area contributed by atoms with E-state index in [0.29, 0.717) is 6.54 Å². The molecule has 0 unspecified atom stereocenters. The Morgan fingerprint density at radius 2 is 2.12 bits per heavy atom. The quantitative estimate of drug-likeness (QED) is 0.819. The van der Waals surface area contributed by atoms with Crippen molar-refractivity contribution in [2.45, 2.75) is 26.3 Å². The van der Waals surface area contributed by atoms with Gasteiger partial charge in [-0.1, -0.05) is 36.7 Å². The highest BCUT2D eigenvalue weighted by atomic mass is 35.5. The Morgan fingerprint density at radius 1 is 1.41 bits per heavy atom. The van der Waals surface area contributed by atoms with E-state index in [1.165, 1.54) is 0 Å². The van der Waals surface area contributed by atoms with Crippen molar-refractivity contribution in [3.8, 4) is 0 Å². The fourth-order valence-electron chi connectivity index (χ4n) is 1.51. The highest BCUT2D eigenvalue weighted by molar-refractivity contribution is 6.31. The number of hydrogen-bond acceptors (Lipinski definition) is 2. The van der Waals surface area contributed by atoms with E-state index < -0.39 is 0 Å². The summed E-state index contributed by atoms with van der Waals surface area (Å²) < 4.78 is 0. The van der Waals surface area contributed by atoms with E-state index in [2.05, 4.69) is 10.6 Å². The second kappa shape index (κ2) is 7.30. The van der Waals surface area contributed by atoms with Gasteiger partial charge in [0.15, 0.2) is 0 Å². The van der Waals surface area contributed by atoms with E-state index >= 15 is 0 Å². The maximum atomic E-state index is 11.4. The van der Waals surface area contributed by atoms with Gasteiger partial charge in [-0.15, -0.1) is 0 Å². The minimum Gasteiger partial charge on any atom is -0.355 e. The first kappa shape index (κ1) is 14.0. The van der Waals surface area contributed by atoms with Gasteiger partial charge in [0.2, 0.25) is 5.91 Å². The first-order valence-electron chi connectivity index (χ1n) is 5.89. The number of hydrogen-bond donors (Lipinski definition) is 2. The molecule has 4 heteroatoms. The minimum absolute atomic E-state index is 0.0192. The summed E-state index contributed by atoms with van der Waals surface area (Å²) in [6.07, 6.45) is 0.950. The number of rotatable bonds is 6. The average molecular weight is 255 g/mol. The summed E-state index contributed by atoms with van der Waals surface area (Å²) in [4.78, 5) is 11.4. The number of amides is 1. The molecule has 3 nitrogen and oxygen atoms in total. The Kier molecular flexibility index (Phi) is 6.01. The van der Waals surface area contributed by atoms with Crippen LogP contribution in [0.5, 0.6) is 0 Å². The van der Waals surface area contributed by atoms with Crippen molar-refractivity contribution in [2.75, 3.05) is 13.1 Å². The second-order valence-electron chi connectivity index (χ2n) is 3.97. The first-order valence-corrected chi connectivity index (χ1v) is 6.27. The zero-order valence-corrected chi connectivity index (χ0v) is 11.1. The van der Waals surface area contributed by atoms with Gasteiger partial charge < -0.3 is 10.6 Å². The molecule has 0 aliphatic carbocycles. The van der Waals surface area contributed by atoms with Gasteiger partial charge in [-0.2, -0.15) is 0 Å². The fourth-order valence-corrected chi connectivity index (χ4v) is 1.81. The Morgan fingerprint density at radius 3 is 2.76 bits per heavy atom. The first-order chi connectivity index (χ1) is 8.15. The normalized spacial score (nSPS) is 12.2. The van der Waals surface area contributed by atoms with Gasteiger partial charge in [-0.05, 0) is 25.0 Å². The molecule has 0 fully saturated rings. The molecule has 0 saturated heterocycles. The van der Waals surface area contributed by atoms with Crippen LogP contribution in [-0.2, 0) is 4.79 Å². The van der Waals surface area contributed by atoms with E-state index in [1.807, 2.05) is 38.1 Å². The van der Waals surface area contributed by atoms with E-state index in [-0.39, 0.29) is 11.9 Å². The number of nitrogens with one attached hydrogen (secondary N) is 2. The molecule has 0 spiro atoms. The molecule has 17 heavy (non-hydrogen) atoms. The summed E-state index contributed by atoms with van der Waals surface area (Å²) in [7, 11) is 0. The Bertz CT molecular complexity index is 368. The number of carbonyl (C=O) groups is 1. The maximum Gasteiger partial charge on any atom is 0.233 e. The van der Waals surface area contributed by atoms with Gasteiger partial charge >= 0.3 is 0 Å². The van der Waals surface area contributed by atoms with Crippen LogP contribution >= 0.6 is 11.6 Å². The van der Waals surface area contributed by atoms with Crippen LogP contribution in [0.2, 0.25) is 5.02 Å². The third-order valence-electron chi connectivity index (χ3n) is 2.51. The zero-order valence-electron chi connectivity index (χ0n) is 10.3. The molecule has 0 bridgehead atoms. The lowest BCUT2D eigenvalue weighted by Crippen LogP contribution is -2.35. The minimum atomic E-state index is 0.0192. The molecular weight excluding hydrogens is 236 g/mol. The molecule has 1 aromatic carbocycles. The molecule has 0 radical (unpaired) electrons. The Balaban J connectivity index is 2.42. The van der Waals surface area contributed by atoms with E-state index in [1.54, 1.807) is 0 Å². The van der Waals surface area contributed by atoms with Crippen LogP contribution in [0.3, 0.4) is 0 Å². The van der Waals surface area contributed by atoms with Crippen LogP contribution in [0.15, 0.2) is 24.3 Å². The van der Waals surface area contributed by atoms with Gasteiger partial charge in [0.1, 0.15) is 0 Å². The van der Waals surface area contributed by atoms with Crippen molar-refractivity contribution in [2.24, 2.45) is 0 Å². The number of halogens is 1. The Labute approximate surface area is 108 Å². The average Bonchev–Trinajstić information content (AvgIpc) is 2.34. The fraction of sp³-hybridized carbons (Fsp3) is 0.462. The smallest absolute Gasteiger partial charge is 0.233 e. The highest BCUT2D eigenvalue weighted by Crippen LogP contribution is 2.21. The molecule has 0 aromatic heterocycles. The zero-order chi connectivity index (χ0) is 12.7. The van der Waals surface area contributed by atoms with Crippen molar-refractivity contribution in [3.05, 3.63) is 34.9 Å². The summed E-state index contributed by atoms with van der Waals surface area (Å²) in [6, 6.07) is 7.72. The standard InChI is InChI=1S/C13H19ClN2O/c1-3-8-15-13(17)9-16-10(2)11-6-4-5-7-12(11)14/h4-7,10,16H,3,8-9H2,1-2H3,(H,15,17)/t10-/m0/s1. The number of benzene rings is 1. The second-order valence-corrected chi connectivity index (χ2v) is 4.38. The van der Waals surface area contributed by atoms with Crippen molar-refractivity contribution < 1.29 is 4.79 Å². The summed E-state index contributed by atoms with van der Waals surface area (Å²) in [5.41, 5.74) is 1.01. The van der Waals surface area contributed by atoms with Gasteiger partial charge in [-0.3, -0.25) is 4.79 Å². The number of carbonyl (C=O) groups excluding carboxylic acids is 1. The summed E-state index contributed by atoms with van der Waals surface area (Å²) in [6.45, 7) is 5.06. The van der Waals surface area contributed by atoms with Crippen LogP contribution in [0.4, 0.5) is 0 Å². The molecule has 1 atom stereocenters. The third-order valence-corrected chi connectivity index (χ3v) is 2.86. The molecule has 1 amide bonds. The maximum absolute atomic E-state index is 11.4. The topological polar surface area (TPSA) is 41.1 Å². The molecule has 0 aliphatic heterocycles.